The lowest BCUT2D eigenvalue weighted by Gasteiger charge is -2.29. The van der Waals surface area contributed by atoms with E-state index in [9.17, 15) is 0 Å². The molecule has 0 saturated heterocycles. The lowest BCUT2D eigenvalue weighted by molar-refractivity contribution is 0.345. The Hall–Kier alpha value is -1.02. The summed E-state index contributed by atoms with van der Waals surface area (Å²) in [6.45, 7) is 7.44. The fourth-order valence-electron chi connectivity index (χ4n) is 2.90. The minimum Gasteiger partial charge on any atom is -0.382 e. The van der Waals surface area contributed by atoms with Crippen molar-refractivity contribution in [3.63, 3.8) is 0 Å². The van der Waals surface area contributed by atoms with Gasteiger partial charge in [-0.3, -0.25) is 0 Å². The molecule has 0 heterocycles. The maximum Gasteiger partial charge on any atom is 0.0347 e. The van der Waals surface area contributed by atoms with Crippen molar-refractivity contribution in [1.29, 1.82) is 0 Å². The summed E-state index contributed by atoms with van der Waals surface area (Å²) in [7, 11) is 0. The summed E-state index contributed by atoms with van der Waals surface area (Å²) in [6.07, 6.45) is 5.07. The molecule has 1 aromatic carbocycles. The van der Waals surface area contributed by atoms with Crippen molar-refractivity contribution >= 4 is 5.69 Å². The summed E-state index contributed by atoms with van der Waals surface area (Å²) in [5, 5.41) is 3.69. The first-order chi connectivity index (χ1) is 8.60. The molecule has 2 heteroatoms. The first-order valence-corrected chi connectivity index (χ1v) is 7.14. The number of nitrogens with one attached hydrogen (secondary N) is 1. The van der Waals surface area contributed by atoms with Crippen molar-refractivity contribution in [2.75, 3.05) is 11.9 Å². The molecule has 1 aliphatic carbocycles. The monoisotopic (exact) mass is 246 g/mol. The van der Waals surface area contributed by atoms with E-state index in [2.05, 4.69) is 38.2 Å². The molecule has 2 rings (SSSR count). The summed E-state index contributed by atoms with van der Waals surface area (Å²) in [6, 6.07) is 5.18. The second kappa shape index (κ2) is 5.75. The Labute approximate surface area is 111 Å². The van der Waals surface area contributed by atoms with Crippen LogP contribution < -0.4 is 11.1 Å². The molecule has 0 aromatic heterocycles. The van der Waals surface area contributed by atoms with Gasteiger partial charge >= 0.3 is 0 Å². The molecule has 18 heavy (non-hydrogen) atoms. The summed E-state index contributed by atoms with van der Waals surface area (Å²) in [5.74, 6) is 0.754. The number of aryl methyl sites for hydroxylation is 2. The van der Waals surface area contributed by atoms with Gasteiger partial charge in [-0.1, -0.05) is 0 Å². The molecule has 100 valence electrons. The van der Waals surface area contributed by atoms with Crippen LogP contribution in [0.25, 0.3) is 0 Å². The Balaban J connectivity index is 1.98. The van der Waals surface area contributed by atoms with E-state index >= 15 is 0 Å². The molecule has 0 atom stereocenters. The molecule has 1 aliphatic rings. The predicted octanol–water partition coefficient (Wildman–Crippen LogP) is 3.54. The summed E-state index contributed by atoms with van der Waals surface area (Å²) >= 11 is 0. The standard InChI is InChI=1S/C16H26N2/c1-11-8-16(9-12(2)13(11)3)18-15-6-4-14(10-17)5-7-15/h8-9,14-15,18H,4-7,10,17H2,1-3H3. The van der Waals surface area contributed by atoms with Crippen molar-refractivity contribution in [1.82, 2.24) is 0 Å². The fourth-order valence-corrected chi connectivity index (χ4v) is 2.90. The van der Waals surface area contributed by atoms with Gasteiger partial charge in [0, 0.05) is 11.7 Å². The second-order valence-electron chi connectivity index (χ2n) is 5.83. The maximum absolute atomic E-state index is 5.74. The van der Waals surface area contributed by atoms with Crippen LogP contribution in [0.5, 0.6) is 0 Å². The average molecular weight is 246 g/mol. The molecule has 0 spiro atoms. The van der Waals surface area contributed by atoms with Crippen LogP contribution in [0.1, 0.15) is 42.4 Å². The van der Waals surface area contributed by atoms with Gasteiger partial charge in [0.25, 0.3) is 0 Å². The van der Waals surface area contributed by atoms with Gasteiger partial charge in [-0.2, -0.15) is 0 Å². The highest BCUT2D eigenvalue weighted by Gasteiger charge is 2.20. The lowest BCUT2D eigenvalue weighted by Crippen LogP contribution is -2.29. The molecule has 1 fully saturated rings. The van der Waals surface area contributed by atoms with Gasteiger partial charge in [-0.15, -0.1) is 0 Å². The fraction of sp³-hybridized carbons (Fsp3) is 0.625. The third-order valence-electron chi connectivity index (χ3n) is 4.48. The molecule has 0 bridgehead atoms. The minimum absolute atomic E-state index is 0.634. The molecule has 0 amide bonds. The normalized spacial score (nSPS) is 24.0. The smallest absolute Gasteiger partial charge is 0.0347 e. The number of hydrogen-bond acceptors (Lipinski definition) is 2. The summed E-state index contributed by atoms with van der Waals surface area (Å²) < 4.78 is 0. The van der Waals surface area contributed by atoms with Crippen molar-refractivity contribution in [2.45, 2.75) is 52.5 Å². The van der Waals surface area contributed by atoms with Gasteiger partial charge in [0.05, 0.1) is 0 Å². The Morgan fingerprint density at radius 3 is 2.11 bits per heavy atom. The van der Waals surface area contributed by atoms with Crippen LogP contribution in [-0.4, -0.2) is 12.6 Å². The Morgan fingerprint density at radius 2 is 1.61 bits per heavy atom. The Bertz CT molecular complexity index is 381. The van der Waals surface area contributed by atoms with Crippen LogP contribution in [0.3, 0.4) is 0 Å². The van der Waals surface area contributed by atoms with Gasteiger partial charge < -0.3 is 11.1 Å². The van der Waals surface area contributed by atoms with Gasteiger partial charge in [0.1, 0.15) is 0 Å². The largest absolute Gasteiger partial charge is 0.382 e. The third-order valence-corrected chi connectivity index (χ3v) is 4.48. The van der Waals surface area contributed by atoms with Crippen molar-refractivity contribution in [3.8, 4) is 0 Å². The molecule has 0 radical (unpaired) electrons. The molecular formula is C16H26N2. The Morgan fingerprint density at radius 1 is 1.06 bits per heavy atom. The zero-order chi connectivity index (χ0) is 13.1. The van der Waals surface area contributed by atoms with E-state index < -0.39 is 0 Å². The number of anilines is 1. The van der Waals surface area contributed by atoms with Crippen LogP contribution in [0.15, 0.2) is 12.1 Å². The summed E-state index contributed by atoms with van der Waals surface area (Å²) in [5.41, 5.74) is 11.2. The second-order valence-corrected chi connectivity index (χ2v) is 5.83. The molecular weight excluding hydrogens is 220 g/mol. The van der Waals surface area contributed by atoms with Gasteiger partial charge in [-0.25, -0.2) is 0 Å². The van der Waals surface area contributed by atoms with E-state index in [1.54, 1.807) is 0 Å². The lowest BCUT2D eigenvalue weighted by atomic mass is 9.86. The van der Waals surface area contributed by atoms with Gasteiger partial charge in [0.2, 0.25) is 0 Å². The zero-order valence-electron chi connectivity index (χ0n) is 11.9. The van der Waals surface area contributed by atoms with E-state index in [-0.39, 0.29) is 0 Å². The molecule has 0 unspecified atom stereocenters. The average Bonchev–Trinajstić information content (AvgIpc) is 2.37. The van der Waals surface area contributed by atoms with E-state index in [1.165, 1.54) is 48.1 Å². The minimum atomic E-state index is 0.634. The number of benzene rings is 1. The first kappa shape index (κ1) is 13.4. The quantitative estimate of drug-likeness (QED) is 0.856. The first-order valence-electron chi connectivity index (χ1n) is 7.14. The highest BCUT2D eigenvalue weighted by Crippen LogP contribution is 2.27. The molecule has 2 nitrogen and oxygen atoms in total. The highest BCUT2D eigenvalue weighted by atomic mass is 14.9. The van der Waals surface area contributed by atoms with Crippen molar-refractivity contribution < 1.29 is 0 Å². The number of nitrogens with two attached hydrogens (primary N) is 1. The third kappa shape index (κ3) is 3.05. The zero-order valence-corrected chi connectivity index (χ0v) is 11.9. The van der Waals surface area contributed by atoms with Crippen LogP contribution in [-0.2, 0) is 0 Å². The SMILES string of the molecule is Cc1cc(NC2CCC(CN)CC2)cc(C)c1C. The van der Waals surface area contributed by atoms with Crippen molar-refractivity contribution in [2.24, 2.45) is 11.7 Å². The van der Waals surface area contributed by atoms with Gasteiger partial charge in [-0.05, 0) is 87.7 Å². The van der Waals surface area contributed by atoms with Crippen molar-refractivity contribution in [3.05, 3.63) is 28.8 Å². The summed E-state index contributed by atoms with van der Waals surface area (Å²) in [4.78, 5) is 0. The van der Waals surface area contributed by atoms with E-state index in [1.807, 2.05) is 0 Å². The molecule has 3 N–H and O–H groups in total. The van der Waals surface area contributed by atoms with Crippen LogP contribution >= 0.6 is 0 Å². The maximum atomic E-state index is 5.74. The van der Waals surface area contributed by atoms with E-state index in [0.29, 0.717) is 6.04 Å². The topological polar surface area (TPSA) is 38.0 Å². The Kier molecular flexibility index (Phi) is 4.28. The van der Waals surface area contributed by atoms with Crippen LogP contribution in [0.2, 0.25) is 0 Å². The van der Waals surface area contributed by atoms with E-state index in [0.717, 1.165) is 12.5 Å². The van der Waals surface area contributed by atoms with Crippen LogP contribution in [0.4, 0.5) is 5.69 Å². The highest BCUT2D eigenvalue weighted by molar-refractivity contribution is 5.52. The molecule has 0 aliphatic heterocycles. The number of hydrogen-bond donors (Lipinski definition) is 2. The van der Waals surface area contributed by atoms with E-state index in [4.69, 9.17) is 5.73 Å². The predicted molar refractivity (Wildman–Crippen MR) is 79.1 cm³/mol. The van der Waals surface area contributed by atoms with Gasteiger partial charge in [0.15, 0.2) is 0 Å². The number of rotatable bonds is 3. The molecule has 1 saturated carbocycles. The molecule has 1 aromatic rings. The van der Waals surface area contributed by atoms with Crippen LogP contribution in [0, 0.1) is 26.7 Å².